The zero-order chi connectivity index (χ0) is 13.1. The molecule has 0 spiro atoms. The molecule has 0 radical (unpaired) electrons. The van der Waals surface area contributed by atoms with Crippen molar-refractivity contribution in [2.75, 3.05) is 0 Å². The molecular weight excluding hydrogens is 273 g/mol. The third-order valence-corrected chi connectivity index (χ3v) is 3.95. The second kappa shape index (κ2) is 5.81. The lowest BCUT2D eigenvalue weighted by atomic mass is 9.95. The highest BCUT2D eigenvalue weighted by molar-refractivity contribution is 6.33. The summed E-state index contributed by atoms with van der Waals surface area (Å²) in [4.78, 5) is 12.0. The molecule has 0 aliphatic heterocycles. The summed E-state index contributed by atoms with van der Waals surface area (Å²) in [6, 6.07) is 4.50. The molecule has 0 aromatic heterocycles. The van der Waals surface area contributed by atoms with Crippen LogP contribution in [0.4, 0.5) is 0 Å². The first-order valence-corrected chi connectivity index (χ1v) is 6.81. The second-order valence-electron chi connectivity index (χ2n) is 4.59. The summed E-state index contributed by atoms with van der Waals surface area (Å²) in [5.41, 5.74) is 0.310. The minimum absolute atomic E-state index is 0.0361. The van der Waals surface area contributed by atoms with Crippen molar-refractivity contribution >= 4 is 29.1 Å². The summed E-state index contributed by atoms with van der Waals surface area (Å²) < 4.78 is 0. The Morgan fingerprint density at radius 3 is 2.61 bits per heavy atom. The molecule has 1 saturated carbocycles. The van der Waals surface area contributed by atoms with Crippen LogP contribution in [-0.4, -0.2) is 22.4 Å². The SMILES string of the molecule is O=C(NC1CCC(Cl)CC1)c1cc(O)ccc1Cl. The van der Waals surface area contributed by atoms with Crippen LogP contribution in [0, 0.1) is 0 Å². The molecule has 1 aromatic carbocycles. The van der Waals surface area contributed by atoms with Gasteiger partial charge in [-0.1, -0.05) is 11.6 Å². The summed E-state index contributed by atoms with van der Waals surface area (Å²) in [6.07, 6.45) is 3.60. The molecule has 2 N–H and O–H groups in total. The molecule has 98 valence electrons. The Morgan fingerprint density at radius 2 is 1.94 bits per heavy atom. The van der Waals surface area contributed by atoms with Gasteiger partial charge in [-0.2, -0.15) is 0 Å². The van der Waals surface area contributed by atoms with E-state index in [9.17, 15) is 9.90 Å². The Labute approximate surface area is 116 Å². The van der Waals surface area contributed by atoms with Crippen molar-refractivity contribution in [2.45, 2.75) is 37.1 Å². The van der Waals surface area contributed by atoms with Crippen molar-refractivity contribution in [3.05, 3.63) is 28.8 Å². The molecular formula is C13H15Cl2NO2. The number of phenols is 1. The molecule has 0 saturated heterocycles. The van der Waals surface area contributed by atoms with E-state index in [4.69, 9.17) is 23.2 Å². The number of benzene rings is 1. The molecule has 1 aliphatic carbocycles. The van der Waals surface area contributed by atoms with Gasteiger partial charge in [-0.3, -0.25) is 4.79 Å². The Morgan fingerprint density at radius 1 is 1.28 bits per heavy atom. The highest BCUT2D eigenvalue weighted by Gasteiger charge is 2.22. The first-order valence-electron chi connectivity index (χ1n) is 5.99. The van der Waals surface area contributed by atoms with Crippen LogP contribution in [-0.2, 0) is 0 Å². The van der Waals surface area contributed by atoms with E-state index in [1.54, 1.807) is 0 Å². The van der Waals surface area contributed by atoms with Crippen molar-refractivity contribution in [3.8, 4) is 5.75 Å². The number of amides is 1. The molecule has 18 heavy (non-hydrogen) atoms. The lowest BCUT2D eigenvalue weighted by molar-refractivity contribution is 0.0927. The Kier molecular flexibility index (Phi) is 4.36. The third-order valence-electron chi connectivity index (χ3n) is 3.19. The van der Waals surface area contributed by atoms with Crippen LogP contribution in [0.25, 0.3) is 0 Å². The minimum Gasteiger partial charge on any atom is -0.508 e. The molecule has 1 aliphatic rings. The molecule has 0 bridgehead atoms. The van der Waals surface area contributed by atoms with Crippen molar-refractivity contribution < 1.29 is 9.90 Å². The van der Waals surface area contributed by atoms with Crippen molar-refractivity contribution in [3.63, 3.8) is 0 Å². The summed E-state index contributed by atoms with van der Waals surface area (Å²) in [6.45, 7) is 0. The van der Waals surface area contributed by atoms with Crippen LogP contribution in [0.15, 0.2) is 18.2 Å². The van der Waals surface area contributed by atoms with E-state index < -0.39 is 0 Å². The number of carbonyl (C=O) groups is 1. The number of halogens is 2. The van der Waals surface area contributed by atoms with Gasteiger partial charge in [0, 0.05) is 11.4 Å². The average molecular weight is 288 g/mol. The highest BCUT2D eigenvalue weighted by atomic mass is 35.5. The third kappa shape index (κ3) is 3.30. The molecule has 2 rings (SSSR count). The molecule has 1 amide bonds. The maximum Gasteiger partial charge on any atom is 0.253 e. The number of carbonyl (C=O) groups excluding carboxylic acids is 1. The van der Waals surface area contributed by atoms with E-state index in [0.29, 0.717) is 10.6 Å². The van der Waals surface area contributed by atoms with Gasteiger partial charge in [0.05, 0.1) is 10.6 Å². The van der Waals surface area contributed by atoms with E-state index in [1.165, 1.54) is 18.2 Å². The average Bonchev–Trinajstić information content (AvgIpc) is 2.35. The van der Waals surface area contributed by atoms with Crippen molar-refractivity contribution in [1.29, 1.82) is 0 Å². The normalized spacial score (nSPS) is 23.7. The van der Waals surface area contributed by atoms with Crippen LogP contribution in [0.3, 0.4) is 0 Å². The van der Waals surface area contributed by atoms with Crippen molar-refractivity contribution in [2.24, 2.45) is 0 Å². The van der Waals surface area contributed by atoms with Gasteiger partial charge >= 0.3 is 0 Å². The van der Waals surface area contributed by atoms with E-state index in [0.717, 1.165) is 25.7 Å². The van der Waals surface area contributed by atoms with Crippen LogP contribution < -0.4 is 5.32 Å². The highest BCUT2D eigenvalue weighted by Crippen LogP contribution is 2.25. The molecule has 1 fully saturated rings. The lowest BCUT2D eigenvalue weighted by Gasteiger charge is -2.25. The molecule has 0 unspecified atom stereocenters. The zero-order valence-electron chi connectivity index (χ0n) is 9.83. The number of nitrogens with one attached hydrogen (secondary N) is 1. The van der Waals surface area contributed by atoms with E-state index in [-0.39, 0.29) is 23.1 Å². The topological polar surface area (TPSA) is 49.3 Å². The van der Waals surface area contributed by atoms with Crippen LogP contribution in [0.1, 0.15) is 36.0 Å². The molecule has 5 heteroatoms. The maximum absolute atomic E-state index is 12.0. The number of aromatic hydroxyl groups is 1. The van der Waals surface area contributed by atoms with Gasteiger partial charge in [0.25, 0.3) is 5.91 Å². The fourth-order valence-corrected chi connectivity index (χ4v) is 2.60. The van der Waals surface area contributed by atoms with Crippen LogP contribution in [0.5, 0.6) is 5.75 Å². The van der Waals surface area contributed by atoms with Crippen molar-refractivity contribution in [1.82, 2.24) is 5.32 Å². The van der Waals surface area contributed by atoms with Gasteiger partial charge < -0.3 is 10.4 Å². The first-order chi connectivity index (χ1) is 8.56. The number of phenolic OH excluding ortho intramolecular Hbond substituents is 1. The maximum atomic E-state index is 12.0. The van der Waals surface area contributed by atoms with Gasteiger partial charge in [0.15, 0.2) is 0 Å². The number of hydrogen-bond acceptors (Lipinski definition) is 2. The van der Waals surface area contributed by atoms with Crippen LogP contribution >= 0.6 is 23.2 Å². The summed E-state index contributed by atoms with van der Waals surface area (Å²) in [7, 11) is 0. The Balaban J connectivity index is 2.01. The predicted molar refractivity (Wildman–Crippen MR) is 72.5 cm³/mol. The van der Waals surface area contributed by atoms with E-state index >= 15 is 0 Å². The second-order valence-corrected chi connectivity index (χ2v) is 5.61. The lowest BCUT2D eigenvalue weighted by Crippen LogP contribution is -2.37. The number of alkyl halides is 1. The minimum atomic E-state index is -0.242. The quantitative estimate of drug-likeness (QED) is 0.820. The van der Waals surface area contributed by atoms with Gasteiger partial charge in [0.1, 0.15) is 5.75 Å². The molecule has 0 atom stereocenters. The molecule has 0 heterocycles. The smallest absolute Gasteiger partial charge is 0.253 e. The Bertz CT molecular complexity index is 443. The van der Waals surface area contributed by atoms with Crippen LogP contribution in [0.2, 0.25) is 5.02 Å². The van der Waals surface area contributed by atoms with E-state index in [2.05, 4.69) is 5.32 Å². The fraction of sp³-hybridized carbons (Fsp3) is 0.462. The van der Waals surface area contributed by atoms with E-state index in [1.807, 2.05) is 0 Å². The Hall–Kier alpha value is -0.930. The monoisotopic (exact) mass is 287 g/mol. The molecule has 3 nitrogen and oxygen atoms in total. The number of rotatable bonds is 2. The number of hydrogen-bond donors (Lipinski definition) is 2. The summed E-state index contributed by atoms with van der Waals surface area (Å²) in [5, 5.41) is 12.9. The standard InChI is InChI=1S/C13H15Cl2NO2/c14-8-1-3-9(4-2-8)16-13(18)11-7-10(17)5-6-12(11)15/h5-9,17H,1-4H2,(H,16,18). The van der Waals surface area contributed by atoms with Gasteiger partial charge in [-0.15, -0.1) is 11.6 Å². The summed E-state index contributed by atoms with van der Waals surface area (Å²) in [5.74, 6) is -0.206. The predicted octanol–water partition coefficient (Wildman–Crippen LogP) is 3.33. The van der Waals surface area contributed by atoms with Gasteiger partial charge in [0.2, 0.25) is 0 Å². The fourth-order valence-electron chi connectivity index (χ4n) is 2.15. The zero-order valence-corrected chi connectivity index (χ0v) is 11.3. The van der Waals surface area contributed by atoms with Gasteiger partial charge in [-0.05, 0) is 43.9 Å². The first kappa shape index (κ1) is 13.5. The summed E-state index contributed by atoms with van der Waals surface area (Å²) >= 11 is 12.0. The molecule has 1 aromatic rings. The van der Waals surface area contributed by atoms with Gasteiger partial charge in [-0.25, -0.2) is 0 Å². The largest absolute Gasteiger partial charge is 0.508 e.